The Kier molecular flexibility index (Phi) is 8.42. The fraction of sp³-hybridized carbons (Fsp3) is 0.208. The molecule has 0 unspecified atom stereocenters. The quantitative estimate of drug-likeness (QED) is 0.414. The Morgan fingerprint density at radius 2 is 1.69 bits per heavy atom. The summed E-state index contributed by atoms with van der Waals surface area (Å²) in [5.74, 6) is -0.192. The minimum atomic E-state index is -4.23. The van der Waals surface area contributed by atoms with Gasteiger partial charge < -0.3 is 19.5 Å². The molecule has 0 heterocycles. The van der Waals surface area contributed by atoms with E-state index in [0.717, 1.165) is 10.4 Å². The first-order valence-corrected chi connectivity index (χ1v) is 12.2. The molecule has 1 N–H and O–H groups in total. The molecule has 0 atom stereocenters. The van der Waals surface area contributed by atoms with Crippen LogP contribution in [0.25, 0.3) is 0 Å². The molecule has 35 heavy (non-hydrogen) atoms. The van der Waals surface area contributed by atoms with Gasteiger partial charge in [-0.1, -0.05) is 11.6 Å². The largest absolute Gasteiger partial charge is 0.494 e. The molecule has 3 aromatic rings. The Bertz CT molecular complexity index is 1300. The number of carbonyl (C=O) groups is 1. The second kappa shape index (κ2) is 11.3. The average Bonchev–Trinajstić information content (AvgIpc) is 2.85. The number of anilines is 2. The van der Waals surface area contributed by atoms with Crippen LogP contribution in [0.5, 0.6) is 17.2 Å². The van der Waals surface area contributed by atoms with Crippen LogP contribution in [0.15, 0.2) is 65.6 Å². The van der Waals surface area contributed by atoms with Gasteiger partial charge in [0.1, 0.15) is 18.1 Å². The first kappa shape index (κ1) is 26.1. The molecule has 8 nitrogen and oxygen atoms in total. The number of hydrogen-bond donors (Lipinski definition) is 1. The van der Waals surface area contributed by atoms with Crippen molar-refractivity contribution in [3.05, 3.63) is 71.5 Å². The number of ether oxygens (including phenoxy) is 3. The van der Waals surface area contributed by atoms with Gasteiger partial charge in [0.2, 0.25) is 5.91 Å². The molecule has 3 rings (SSSR count). The average molecular weight is 523 g/mol. The van der Waals surface area contributed by atoms with E-state index in [4.69, 9.17) is 25.8 Å². The van der Waals surface area contributed by atoms with Gasteiger partial charge in [0.15, 0.2) is 11.5 Å². The van der Waals surface area contributed by atoms with E-state index in [0.29, 0.717) is 18.1 Å². The normalized spacial score (nSPS) is 11.0. The lowest BCUT2D eigenvalue weighted by atomic mass is 10.3. The maximum absolute atomic E-state index is 13.6. The lowest BCUT2D eigenvalue weighted by molar-refractivity contribution is -0.114. The second-order valence-corrected chi connectivity index (χ2v) is 9.40. The molecule has 0 bridgehead atoms. The number of sulfonamides is 1. The predicted molar refractivity (Wildman–Crippen MR) is 132 cm³/mol. The summed E-state index contributed by atoms with van der Waals surface area (Å²) in [7, 11) is -1.41. The highest BCUT2D eigenvalue weighted by molar-refractivity contribution is 7.92. The first-order chi connectivity index (χ1) is 16.7. The van der Waals surface area contributed by atoms with Crippen molar-refractivity contribution >= 4 is 38.9 Å². The summed E-state index contributed by atoms with van der Waals surface area (Å²) in [4.78, 5) is 12.7. The molecule has 0 aromatic heterocycles. The summed E-state index contributed by atoms with van der Waals surface area (Å²) >= 11 is 5.78. The maximum Gasteiger partial charge on any atom is 0.264 e. The van der Waals surface area contributed by atoms with Crippen molar-refractivity contribution in [1.29, 1.82) is 0 Å². The Morgan fingerprint density at radius 1 is 1.00 bits per heavy atom. The molecule has 0 aliphatic carbocycles. The van der Waals surface area contributed by atoms with Crippen LogP contribution in [0.1, 0.15) is 6.92 Å². The van der Waals surface area contributed by atoms with Crippen molar-refractivity contribution < 1.29 is 31.8 Å². The third-order valence-corrected chi connectivity index (χ3v) is 6.93. The summed E-state index contributed by atoms with van der Waals surface area (Å²) in [5.41, 5.74) is 0.451. The standard InChI is InChI=1S/C24H24ClFN2O6S/c1-4-34-18-8-6-17(7-9-18)28(15-24(29)27-16-5-11-21(26)20(25)13-16)35(30,31)19-10-12-22(32-2)23(14-19)33-3/h5-14H,4,15H2,1-3H3,(H,27,29). The van der Waals surface area contributed by atoms with E-state index in [1.54, 1.807) is 12.1 Å². The molecule has 0 aliphatic heterocycles. The molecule has 0 saturated carbocycles. The molecule has 3 aromatic carbocycles. The summed E-state index contributed by atoms with van der Waals surface area (Å²) in [6, 6.07) is 14.1. The zero-order chi connectivity index (χ0) is 25.6. The van der Waals surface area contributed by atoms with Crippen LogP contribution in [-0.4, -0.2) is 41.7 Å². The zero-order valence-corrected chi connectivity index (χ0v) is 20.8. The van der Waals surface area contributed by atoms with Crippen molar-refractivity contribution in [3.63, 3.8) is 0 Å². The molecule has 11 heteroatoms. The molecule has 0 radical (unpaired) electrons. The van der Waals surface area contributed by atoms with Crippen molar-refractivity contribution in [2.75, 3.05) is 37.0 Å². The van der Waals surface area contributed by atoms with Crippen LogP contribution < -0.4 is 23.8 Å². The fourth-order valence-corrected chi connectivity index (χ4v) is 4.82. The smallest absolute Gasteiger partial charge is 0.264 e. The Labute approximate surface area is 208 Å². The minimum Gasteiger partial charge on any atom is -0.494 e. The van der Waals surface area contributed by atoms with Gasteiger partial charge in [0.05, 0.1) is 36.4 Å². The number of nitrogens with one attached hydrogen (secondary N) is 1. The number of methoxy groups -OCH3 is 2. The number of nitrogens with zero attached hydrogens (tertiary/aromatic N) is 1. The van der Waals surface area contributed by atoms with E-state index in [2.05, 4.69) is 5.32 Å². The van der Waals surface area contributed by atoms with Gasteiger partial charge in [0.25, 0.3) is 10.0 Å². The van der Waals surface area contributed by atoms with Crippen LogP contribution in [0.2, 0.25) is 5.02 Å². The summed E-state index contributed by atoms with van der Waals surface area (Å²) in [6.45, 7) is 1.70. The lowest BCUT2D eigenvalue weighted by Crippen LogP contribution is -2.38. The highest BCUT2D eigenvalue weighted by Gasteiger charge is 2.28. The number of benzene rings is 3. The fourth-order valence-electron chi connectivity index (χ4n) is 3.20. The molecule has 0 fully saturated rings. The van der Waals surface area contributed by atoms with E-state index < -0.39 is 28.3 Å². The highest BCUT2D eigenvalue weighted by Crippen LogP contribution is 2.32. The van der Waals surface area contributed by atoms with Gasteiger partial charge >= 0.3 is 0 Å². The van der Waals surface area contributed by atoms with Gasteiger partial charge in [-0.2, -0.15) is 0 Å². The number of halogens is 2. The summed E-state index contributed by atoms with van der Waals surface area (Å²) in [5, 5.41) is 2.36. The number of hydrogen-bond acceptors (Lipinski definition) is 6. The third kappa shape index (κ3) is 6.14. The molecule has 0 saturated heterocycles. The predicted octanol–water partition coefficient (Wildman–Crippen LogP) is 4.73. The Morgan fingerprint density at radius 3 is 2.29 bits per heavy atom. The van der Waals surface area contributed by atoms with Gasteiger partial charge in [-0.15, -0.1) is 0 Å². The number of amides is 1. The number of carbonyl (C=O) groups excluding carboxylic acids is 1. The maximum atomic E-state index is 13.6. The summed E-state index contributed by atoms with van der Waals surface area (Å²) in [6.07, 6.45) is 0. The monoisotopic (exact) mass is 522 g/mol. The molecule has 186 valence electrons. The van der Waals surface area contributed by atoms with Gasteiger partial charge in [0, 0.05) is 11.8 Å². The SMILES string of the molecule is CCOc1ccc(N(CC(=O)Nc2ccc(F)c(Cl)c2)S(=O)(=O)c2ccc(OC)c(OC)c2)cc1. The van der Waals surface area contributed by atoms with Gasteiger partial charge in [-0.3, -0.25) is 9.10 Å². The van der Waals surface area contributed by atoms with E-state index in [9.17, 15) is 17.6 Å². The first-order valence-electron chi connectivity index (χ1n) is 10.4. The van der Waals surface area contributed by atoms with Crippen molar-refractivity contribution in [2.24, 2.45) is 0 Å². The second-order valence-electron chi connectivity index (χ2n) is 7.13. The molecule has 0 aliphatic rings. The van der Waals surface area contributed by atoms with Crippen LogP contribution in [0, 0.1) is 5.82 Å². The highest BCUT2D eigenvalue weighted by atomic mass is 35.5. The minimum absolute atomic E-state index is 0.110. The van der Waals surface area contributed by atoms with E-state index in [1.807, 2.05) is 6.92 Å². The van der Waals surface area contributed by atoms with Crippen molar-refractivity contribution in [3.8, 4) is 17.2 Å². The van der Waals surface area contributed by atoms with Crippen LogP contribution in [0.3, 0.4) is 0 Å². The molecular formula is C24H24ClFN2O6S. The van der Waals surface area contributed by atoms with Crippen LogP contribution in [0.4, 0.5) is 15.8 Å². The van der Waals surface area contributed by atoms with Gasteiger partial charge in [-0.05, 0) is 61.5 Å². The van der Waals surface area contributed by atoms with Gasteiger partial charge in [-0.25, -0.2) is 12.8 Å². The molecular weight excluding hydrogens is 499 g/mol. The molecule has 1 amide bonds. The Balaban J connectivity index is 1.98. The van der Waals surface area contributed by atoms with Crippen molar-refractivity contribution in [1.82, 2.24) is 0 Å². The van der Waals surface area contributed by atoms with E-state index in [-0.39, 0.29) is 27.0 Å². The summed E-state index contributed by atoms with van der Waals surface area (Å²) < 4.78 is 57.5. The third-order valence-electron chi connectivity index (χ3n) is 4.87. The van der Waals surface area contributed by atoms with E-state index in [1.165, 1.54) is 56.7 Å². The van der Waals surface area contributed by atoms with Crippen LogP contribution >= 0.6 is 11.6 Å². The molecule has 0 spiro atoms. The Hall–Kier alpha value is -3.50. The lowest BCUT2D eigenvalue weighted by Gasteiger charge is -2.25. The van der Waals surface area contributed by atoms with Crippen molar-refractivity contribution in [2.45, 2.75) is 11.8 Å². The van der Waals surface area contributed by atoms with Crippen LogP contribution in [-0.2, 0) is 14.8 Å². The number of rotatable bonds is 10. The zero-order valence-electron chi connectivity index (χ0n) is 19.2. The van der Waals surface area contributed by atoms with E-state index >= 15 is 0 Å². The topological polar surface area (TPSA) is 94.2 Å².